The van der Waals surface area contributed by atoms with Gasteiger partial charge in [0.2, 0.25) is 0 Å². The number of carbonyl (C=O) groups is 1. The molecule has 116 valence electrons. The number of halogens is 3. The van der Waals surface area contributed by atoms with Crippen LogP contribution in [-0.2, 0) is 0 Å². The Hall–Kier alpha value is -1.92. The molecule has 1 aliphatic rings. The monoisotopic (exact) mass is 302 g/mol. The van der Waals surface area contributed by atoms with Gasteiger partial charge in [-0.1, -0.05) is 13.0 Å². The molecule has 1 heterocycles. The molecule has 1 saturated heterocycles. The minimum atomic E-state index is -4.75. The Morgan fingerprint density at radius 2 is 2.19 bits per heavy atom. The molecule has 0 aliphatic carbocycles. The molecule has 1 aromatic rings. The van der Waals surface area contributed by atoms with Crippen LogP contribution in [0.5, 0.6) is 5.75 Å². The average Bonchev–Trinajstić information content (AvgIpc) is 2.37. The number of benzene rings is 1. The van der Waals surface area contributed by atoms with Crippen LogP contribution < -0.4 is 10.1 Å². The summed E-state index contributed by atoms with van der Waals surface area (Å²) in [6, 6.07) is 4.96. The number of carbonyl (C=O) groups excluding carboxylic acids is 1. The summed E-state index contributed by atoms with van der Waals surface area (Å²) in [5, 5.41) is 2.60. The molecule has 1 unspecified atom stereocenters. The van der Waals surface area contributed by atoms with Crippen LogP contribution in [0.25, 0.3) is 0 Å². The SMILES string of the molecule is CC1CCCN(C(=O)Nc2cccc(OC(F)(F)F)c2)C1. The fourth-order valence-corrected chi connectivity index (χ4v) is 2.35. The van der Waals surface area contributed by atoms with E-state index in [0.717, 1.165) is 18.9 Å². The Labute approximate surface area is 120 Å². The lowest BCUT2D eigenvalue weighted by Crippen LogP contribution is -2.41. The quantitative estimate of drug-likeness (QED) is 0.901. The van der Waals surface area contributed by atoms with Gasteiger partial charge in [0.05, 0.1) is 0 Å². The number of likely N-dealkylation sites (tertiary alicyclic amines) is 1. The Bertz CT molecular complexity index is 505. The molecule has 1 N–H and O–H groups in total. The predicted molar refractivity (Wildman–Crippen MR) is 72.1 cm³/mol. The zero-order valence-corrected chi connectivity index (χ0v) is 11.6. The molecule has 1 aromatic carbocycles. The van der Waals surface area contributed by atoms with Crippen molar-refractivity contribution in [3.63, 3.8) is 0 Å². The van der Waals surface area contributed by atoms with E-state index in [9.17, 15) is 18.0 Å². The molecule has 1 fully saturated rings. The molecular weight excluding hydrogens is 285 g/mol. The maximum atomic E-state index is 12.2. The molecule has 2 rings (SSSR count). The predicted octanol–water partition coefficient (Wildman–Crippen LogP) is 3.85. The number of ether oxygens (including phenoxy) is 1. The fraction of sp³-hybridized carbons (Fsp3) is 0.500. The van der Waals surface area contributed by atoms with Crippen LogP contribution in [0.4, 0.5) is 23.7 Å². The van der Waals surface area contributed by atoms with E-state index in [0.29, 0.717) is 19.0 Å². The number of hydrogen-bond acceptors (Lipinski definition) is 2. The summed E-state index contributed by atoms with van der Waals surface area (Å²) in [7, 11) is 0. The van der Waals surface area contributed by atoms with Crippen LogP contribution in [0, 0.1) is 5.92 Å². The standard InChI is InChI=1S/C14H17F3N2O2/c1-10-4-3-7-19(9-10)13(20)18-11-5-2-6-12(8-11)21-14(15,16)17/h2,5-6,8,10H,3-4,7,9H2,1H3,(H,18,20). The van der Waals surface area contributed by atoms with Gasteiger partial charge < -0.3 is 15.0 Å². The van der Waals surface area contributed by atoms with Gasteiger partial charge in [0.15, 0.2) is 0 Å². The van der Waals surface area contributed by atoms with E-state index in [-0.39, 0.29) is 17.5 Å². The molecular formula is C14H17F3N2O2. The van der Waals surface area contributed by atoms with Crippen LogP contribution in [0.3, 0.4) is 0 Å². The molecule has 0 radical (unpaired) electrons. The summed E-state index contributed by atoms with van der Waals surface area (Å²) in [4.78, 5) is 13.7. The van der Waals surface area contributed by atoms with Crippen molar-refractivity contribution in [1.29, 1.82) is 0 Å². The highest BCUT2D eigenvalue weighted by atomic mass is 19.4. The Kier molecular flexibility index (Phi) is 4.59. The third kappa shape index (κ3) is 4.84. The summed E-state index contributed by atoms with van der Waals surface area (Å²) in [6.45, 7) is 3.39. The van der Waals surface area contributed by atoms with Crippen LogP contribution >= 0.6 is 0 Å². The van der Waals surface area contributed by atoms with Crippen molar-refractivity contribution < 1.29 is 22.7 Å². The molecule has 1 aliphatic heterocycles. The zero-order chi connectivity index (χ0) is 15.5. The van der Waals surface area contributed by atoms with Gasteiger partial charge in [-0.3, -0.25) is 0 Å². The van der Waals surface area contributed by atoms with E-state index in [4.69, 9.17) is 0 Å². The molecule has 0 bridgehead atoms. The molecule has 21 heavy (non-hydrogen) atoms. The summed E-state index contributed by atoms with van der Waals surface area (Å²) < 4.78 is 40.3. The minimum absolute atomic E-state index is 0.278. The second-order valence-electron chi connectivity index (χ2n) is 5.20. The van der Waals surface area contributed by atoms with E-state index in [2.05, 4.69) is 17.0 Å². The number of piperidine rings is 1. The number of nitrogens with zero attached hydrogens (tertiary/aromatic N) is 1. The first kappa shape index (κ1) is 15.5. The van der Waals surface area contributed by atoms with Crippen molar-refractivity contribution in [2.24, 2.45) is 5.92 Å². The number of anilines is 1. The van der Waals surface area contributed by atoms with Gasteiger partial charge in [0, 0.05) is 24.8 Å². The Morgan fingerprint density at radius 3 is 2.86 bits per heavy atom. The normalized spacial score (nSPS) is 19.2. The van der Waals surface area contributed by atoms with E-state index in [1.54, 1.807) is 4.90 Å². The topological polar surface area (TPSA) is 41.6 Å². The third-order valence-corrected chi connectivity index (χ3v) is 3.26. The summed E-state index contributed by atoms with van der Waals surface area (Å²) in [5.74, 6) is 0.0803. The molecule has 0 spiro atoms. The maximum absolute atomic E-state index is 12.2. The van der Waals surface area contributed by atoms with E-state index < -0.39 is 6.36 Å². The van der Waals surface area contributed by atoms with Gasteiger partial charge in [-0.25, -0.2) is 4.79 Å². The zero-order valence-electron chi connectivity index (χ0n) is 11.6. The third-order valence-electron chi connectivity index (χ3n) is 3.26. The molecule has 0 saturated carbocycles. The van der Waals surface area contributed by atoms with Crippen molar-refractivity contribution in [2.75, 3.05) is 18.4 Å². The highest BCUT2D eigenvalue weighted by Gasteiger charge is 2.31. The molecule has 0 aromatic heterocycles. The van der Waals surface area contributed by atoms with Gasteiger partial charge in [-0.15, -0.1) is 13.2 Å². The average molecular weight is 302 g/mol. The molecule has 2 amide bonds. The fourth-order valence-electron chi connectivity index (χ4n) is 2.35. The highest BCUT2D eigenvalue weighted by Crippen LogP contribution is 2.25. The smallest absolute Gasteiger partial charge is 0.406 e. The van der Waals surface area contributed by atoms with Gasteiger partial charge in [-0.05, 0) is 30.9 Å². The number of hydrogen-bond donors (Lipinski definition) is 1. The summed E-state index contributed by atoms with van der Waals surface area (Å²) in [6.07, 6.45) is -2.73. The van der Waals surface area contributed by atoms with E-state index >= 15 is 0 Å². The lowest BCUT2D eigenvalue weighted by molar-refractivity contribution is -0.274. The van der Waals surface area contributed by atoms with Crippen molar-refractivity contribution in [2.45, 2.75) is 26.1 Å². The molecule has 7 heteroatoms. The maximum Gasteiger partial charge on any atom is 0.573 e. The van der Waals surface area contributed by atoms with Gasteiger partial charge in [-0.2, -0.15) is 0 Å². The number of urea groups is 1. The van der Waals surface area contributed by atoms with Gasteiger partial charge in [0.1, 0.15) is 5.75 Å². The number of nitrogens with one attached hydrogen (secondary N) is 1. The van der Waals surface area contributed by atoms with E-state index in [1.165, 1.54) is 18.2 Å². The van der Waals surface area contributed by atoms with E-state index in [1.807, 2.05) is 0 Å². The number of rotatable bonds is 2. The largest absolute Gasteiger partial charge is 0.573 e. The van der Waals surface area contributed by atoms with Crippen LogP contribution in [0.15, 0.2) is 24.3 Å². The van der Waals surface area contributed by atoms with Crippen LogP contribution in [0.1, 0.15) is 19.8 Å². The molecule has 1 atom stereocenters. The Balaban J connectivity index is 1.99. The van der Waals surface area contributed by atoms with Crippen LogP contribution in [0.2, 0.25) is 0 Å². The second-order valence-corrected chi connectivity index (χ2v) is 5.20. The van der Waals surface area contributed by atoms with Gasteiger partial charge >= 0.3 is 12.4 Å². The lowest BCUT2D eigenvalue weighted by Gasteiger charge is -2.30. The Morgan fingerprint density at radius 1 is 1.43 bits per heavy atom. The van der Waals surface area contributed by atoms with Gasteiger partial charge in [0.25, 0.3) is 0 Å². The molecule has 4 nitrogen and oxygen atoms in total. The summed E-state index contributed by atoms with van der Waals surface area (Å²) in [5.41, 5.74) is 0.278. The minimum Gasteiger partial charge on any atom is -0.406 e. The highest BCUT2D eigenvalue weighted by molar-refractivity contribution is 5.89. The first-order valence-electron chi connectivity index (χ1n) is 6.75. The van der Waals surface area contributed by atoms with Crippen molar-refractivity contribution in [1.82, 2.24) is 4.90 Å². The lowest BCUT2D eigenvalue weighted by atomic mass is 10.0. The van der Waals surface area contributed by atoms with Crippen molar-refractivity contribution >= 4 is 11.7 Å². The van der Waals surface area contributed by atoms with Crippen molar-refractivity contribution in [3.05, 3.63) is 24.3 Å². The number of alkyl halides is 3. The number of amides is 2. The second kappa shape index (κ2) is 6.24. The van der Waals surface area contributed by atoms with Crippen LogP contribution in [-0.4, -0.2) is 30.4 Å². The van der Waals surface area contributed by atoms with Crippen molar-refractivity contribution in [3.8, 4) is 5.75 Å². The first-order chi connectivity index (χ1) is 9.83. The summed E-state index contributed by atoms with van der Waals surface area (Å²) >= 11 is 0. The first-order valence-corrected chi connectivity index (χ1v) is 6.75.